The Morgan fingerprint density at radius 3 is 2.41 bits per heavy atom. The number of esters is 1. The molecule has 11 heteroatoms. The molecule has 0 spiro atoms. The van der Waals surface area contributed by atoms with Crippen LogP contribution >= 0.6 is 0 Å². The summed E-state index contributed by atoms with van der Waals surface area (Å²) < 4.78 is 33.4. The first-order valence-electron chi connectivity index (χ1n) is 12.3. The van der Waals surface area contributed by atoms with Crippen LogP contribution in [0.3, 0.4) is 0 Å². The predicted molar refractivity (Wildman–Crippen MR) is 147 cm³/mol. The number of sulfonamides is 1. The summed E-state index contributed by atoms with van der Waals surface area (Å²) in [6, 6.07) is 16.0. The maximum Gasteiger partial charge on any atom is 0.308 e. The van der Waals surface area contributed by atoms with Gasteiger partial charge in [-0.25, -0.2) is 8.42 Å². The molecule has 0 aliphatic carbocycles. The first-order chi connectivity index (χ1) is 18.4. The number of carbonyl (C=O) groups is 2. The zero-order chi connectivity index (χ0) is 28.7. The van der Waals surface area contributed by atoms with Gasteiger partial charge < -0.3 is 10.1 Å². The van der Waals surface area contributed by atoms with Crippen LogP contribution in [0.4, 0.5) is 11.4 Å². The van der Waals surface area contributed by atoms with Gasteiger partial charge in [0.2, 0.25) is 5.91 Å². The van der Waals surface area contributed by atoms with E-state index in [0.717, 1.165) is 22.8 Å². The summed E-state index contributed by atoms with van der Waals surface area (Å²) in [7, 11) is -4.16. The van der Waals surface area contributed by atoms with E-state index in [1.807, 2.05) is 32.0 Å². The van der Waals surface area contributed by atoms with Crippen LogP contribution in [0.2, 0.25) is 0 Å². The van der Waals surface area contributed by atoms with Crippen LogP contribution in [0.1, 0.15) is 54.5 Å². The van der Waals surface area contributed by atoms with Gasteiger partial charge in [0.1, 0.15) is 0 Å². The molecular weight excluding hydrogens is 522 g/mol. The van der Waals surface area contributed by atoms with E-state index in [1.165, 1.54) is 30.3 Å². The van der Waals surface area contributed by atoms with E-state index in [1.54, 1.807) is 26.0 Å². The van der Waals surface area contributed by atoms with Crippen LogP contribution < -0.4 is 10.0 Å². The van der Waals surface area contributed by atoms with Crippen molar-refractivity contribution in [2.75, 3.05) is 11.3 Å². The molecule has 3 aromatic carbocycles. The molecule has 0 aromatic heterocycles. The summed E-state index contributed by atoms with van der Waals surface area (Å²) in [5.41, 5.74) is 3.17. The smallest absolute Gasteiger partial charge is 0.308 e. The van der Waals surface area contributed by atoms with Crippen LogP contribution in [0, 0.1) is 24.0 Å². The number of carbonyl (C=O) groups excluding carboxylic acids is 2. The van der Waals surface area contributed by atoms with E-state index in [0.29, 0.717) is 5.56 Å². The Kier molecular flexibility index (Phi) is 9.42. The average molecular weight is 554 g/mol. The van der Waals surface area contributed by atoms with Gasteiger partial charge in [-0.05, 0) is 62.6 Å². The zero-order valence-electron chi connectivity index (χ0n) is 22.1. The second-order valence-electron chi connectivity index (χ2n) is 9.14. The largest absolute Gasteiger partial charge is 0.466 e. The van der Waals surface area contributed by atoms with Crippen molar-refractivity contribution < 1.29 is 27.7 Å². The number of nitro groups is 1. The molecule has 0 heterocycles. The lowest BCUT2D eigenvalue weighted by Gasteiger charge is -2.23. The molecule has 0 radical (unpaired) electrons. The van der Waals surface area contributed by atoms with Crippen LogP contribution in [-0.4, -0.2) is 31.8 Å². The minimum atomic E-state index is -4.16. The van der Waals surface area contributed by atoms with E-state index in [2.05, 4.69) is 10.0 Å². The van der Waals surface area contributed by atoms with Crippen molar-refractivity contribution in [1.29, 1.82) is 0 Å². The number of hydrogen-bond donors (Lipinski definition) is 2. The van der Waals surface area contributed by atoms with Crippen LogP contribution in [-0.2, 0) is 24.3 Å². The highest BCUT2D eigenvalue weighted by molar-refractivity contribution is 7.92. The number of rotatable bonds is 11. The van der Waals surface area contributed by atoms with Crippen molar-refractivity contribution in [2.24, 2.45) is 0 Å². The molecule has 0 aliphatic rings. The number of anilines is 1. The van der Waals surface area contributed by atoms with Crippen LogP contribution in [0.15, 0.2) is 71.6 Å². The average Bonchev–Trinajstić information content (AvgIpc) is 2.88. The topological polar surface area (TPSA) is 145 Å². The van der Waals surface area contributed by atoms with E-state index >= 15 is 0 Å². The molecule has 1 amide bonds. The van der Waals surface area contributed by atoms with Gasteiger partial charge in [0.05, 0.1) is 34.8 Å². The van der Waals surface area contributed by atoms with Crippen LogP contribution in [0.5, 0.6) is 0 Å². The van der Waals surface area contributed by atoms with Crippen molar-refractivity contribution in [3.63, 3.8) is 0 Å². The predicted octanol–water partition coefficient (Wildman–Crippen LogP) is 4.93. The van der Waals surface area contributed by atoms with Crippen LogP contribution in [0.25, 0.3) is 0 Å². The number of benzene rings is 3. The Bertz CT molecular complexity index is 1490. The summed E-state index contributed by atoms with van der Waals surface area (Å²) in [5, 5.41) is 14.0. The van der Waals surface area contributed by atoms with Gasteiger partial charge >= 0.3 is 5.97 Å². The summed E-state index contributed by atoms with van der Waals surface area (Å²) in [6.45, 7) is 7.52. The fourth-order valence-electron chi connectivity index (χ4n) is 4.19. The van der Waals surface area contributed by atoms with E-state index in [4.69, 9.17) is 4.74 Å². The fraction of sp³-hybridized carbons (Fsp3) is 0.286. The third kappa shape index (κ3) is 7.64. The van der Waals surface area contributed by atoms with Crippen molar-refractivity contribution in [3.05, 3.63) is 99.1 Å². The number of amides is 1. The Morgan fingerprint density at radius 1 is 1.03 bits per heavy atom. The van der Waals surface area contributed by atoms with Gasteiger partial charge in [0.15, 0.2) is 0 Å². The lowest BCUT2D eigenvalue weighted by molar-refractivity contribution is -0.385. The number of hydrogen-bond acceptors (Lipinski definition) is 7. The summed E-state index contributed by atoms with van der Waals surface area (Å²) >= 11 is 0. The molecular formula is C28H31N3O7S. The number of non-ortho nitro benzene ring substituents is 1. The fourth-order valence-corrected chi connectivity index (χ4v) is 5.27. The third-order valence-corrected chi connectivity index (χ3v) is 7.54. The number of nitrogens with one attached hydrogen (secondary N) is 2. The monoisotopic (exact) mass is 553 g/mol. The Labute approximate surface area is 227 Å². The number of aryl methyl sites for hydroxylation is 2. The second-order valence-corrected chi connectivity index (χ2v) is 10.8. The normalized spacial score (nSPS) is 12.7. The molecule has 3 aromatic rings. The van der Waals surface area contributed by atoms with Gasteiger partial charge in [-0.3, -0.25) is 24.4 Å². The van der Waals surface area contributed by atoms with Crippen molar-refractivity contribution in [1.82, 2.24) is 5.32 Å². The van der Waals surface area contributed by atoms with E-state index in [-0.39, 0.29) is 35.2 Å². The standard InChI is InChI=1S/C28H31N3O7S/c1-5-38-27(32)17-26(29-28(33)20(4)25-13-12-18(2)14-19(25)3)21-8-6-9-22(15-21)30-39(36,37)24-11-7-10-23(16-24)31(34)35/h6-16,20,26,30H,5,17H2,1-4H3,(H,29,33). The van der Waals surface area contributed by atoms with Gasteiger partial charge in [0, 0.05) is 17.8 Å². The number of nitrogens with zero attached hydrogens (tertiary/aromatic N) is 1. The van der Waals surface area contributed by atoms with Crippen molar-refractivity contribution >= 4 is 33.3 Å². The Morgan fingerprint density at radius 2 is 1.74 bits per heavy atom. The summed E-state index contributed by atoms with van der Waals surface area (Å²) in [6.07, 6.45) is -0.166. The molecule has 2 atom stereocenters. The SMILES string of the molecule is CCOC(=O)CC(NC(=O)C(C)c1ccc(C)cc1C)c1cccc(NS(=O)(=O)c2cccc([N+](=O)[O-])c2)c1. The highest BCUT2D eigenvalue weighted by Gasteiger charge is 2.25. The first-order valence-corrected chi connectivity index (χ1v) is 13.8. The van der Waals surface area contributed by atoms with Gasteiger partial charge in [-0.2, -0.15) is 0 Å². The number of nitro benzene ring substituents is 1. The first kappa shape index (κ1) is 29.3. The van der Waals surface area contributed by atoms with Gasteiger partial charge in [0.25, 0.3) is 15.7 Å². The second kappa shape index (κ2) is 12.5. The molecule has 0 aliphatic heterocycles. The minimum absolute atomic E-state index is 0.157. The Balaban J connectivity index is 1.88. The maximum atomic E-state index is 13.3. The van der Waals surface area contributed by atoms with Gasteiger partial charge in [-0.1, -0.05) is 42.0 Å². The molecule has 10 nitrogen and oxygen atoms in total. The molecule has 0 saturated heterocycles. The number of ether oxygens (including phenoxy) is 1. The zero-order valence-corrected chi connectivity index (χ0v) is 22.9. The third-order valence-electron chi connectivity index (χ3n) is 6.16. The molecule has 2 N–H and O–H groups in total. The minimum Gasteiger partial charge on any atom is -0.466 e. The molecule has 3 rings (SSSR count). The summed E-state index contributed by atoms with van der Waals surface area (Å²) in [5.74, 6) is -1.34. The van der Waals surface area contributed by atoms with E-state index in [9.17, 15) is 28.1 Å². The van der Waals surface area contributed by atoms with Crippen molar-refractivity contribution in [3.8, 4) is 0 Å². The molecule has 0 saturated carbocycles. The van der Waals surface area contributed by atoms with E-state index < -0.39 is 32.9 Å². The lowest BCUT2D eigenvalue weighted by atomic mass is 9.93. The molecule has 39 heavy (non-hydrogen) atoms. The quantitative estimate of drug-likeness (QED) is 0.195. The highest BCUT2D eigenvalue weighted by atomic mass is 32.2. The molecule has 2 unspecified atom stereocenters. The molecule has 0 fully saturated rings. The molecule has 0 bridgehead atoms. The van der Waals surface area contributed by atoms with Gasteiger partial charge in [-0.15, -0.1) is 0 Å². The maximum absolute atomic E-state index is 13.3. The lowest BCUT2D eigenvalue weighted by Crippen LogP contribution is -2.34. The van der Waals surface area contributed by atoms with Crippen molar-refractivity contribution in [2.45, 2.75) is 51.0 Å². The molecule has 206 valence electrons. The summed E-state index contributed by atoms with van der Waals surface area (Å²) in [4.78, 5) is 35.8. The highest BCUT2D eigenvalue weighted by Crippen LogP contribution is 2.27. The Hall–Kier alpha value is -4.25.